The van der Waals surface area contributed by atoms with Gasteiger partial charge in [0.25, 0.3) is 0 Å². The highest BCUT2D eigenvalue weighted by atomic mass is 16.5. The molecule has 0 amide bonds. The lowest BCUT2D eigenvalue weighted by Crippen LogP contribution is -2.36. The van der Waals surface area contributed by atoms with Gasteiger partial charge in [-0.2, -0.15) is 0 Å². The number of hydrogen-bond donors (Lipinski definition) is 1. The topological polar surface area (TPSA) is 38.3 Å². The molecule has 3 heteroatoms. The summed E-state index contributed by atoms with van der Waals surface area (Å²) in [6, 6.07) is 0. The summed E-state index contributed by atoms with van der Waals surface area (Å²) in [5, 5.41) is 3.23. The number of piperidine rings is 1. The van der Waals surface area contributed by atoms with Crippen LogP contribution in [0.2, 0.25) is 0 Å². The second-order valence-electron chi connectivity index (χ2n) is 3.87. The van der Waals surface area contributed by atoms with E-state index in [0.717, 1.165) is 25.9 Å². The van der Waals surface area contributed by atoms with Crippen LogP contribution in [-0.2, 0) is 9.53 Å². The van der Waals surface area contributed by atoms with E-state index >= 15 is 0 Å². The Morgan fingerprint density at radius 3 is 2.92 bits per heavy atom. The van der Waals surface area contributed by atoms with Crippen molar-refractivity contribution in [3.63, 3.8) is 0 Å². The van der Waals surface area contributed by atoms with E-state index in [1.165, 1.54) is 0 Å². The molecule has 0 saturated carbocycles. The number of ketones is 1. The molecule has 0 radical (unpaired) electrons. The Hall–Kier alpha value is -0.410. The largest absolute Gasteiger partial charge is 0.371 e. The molecule has 1 unspecified atom stereocenters. The smallest absolute Gasteiger partial charge is 0.162 e. The van der Waals surface area contributed by atoms with Crippen LogP contribution < -0.4 is 5.32 Å². The Labute approximate surface area is 79.8 Å². The minimum absolute atomic E-state index is 0.153. The predicted octanol–water partition coefficient (Wildman–Crippen LogP) is 0.980. The van der Waals surface area contributed by atoms with E-state index in [1.54, 1.807) is 0 Å². The summed E-state index contributed by atoms with van der Waals surface area (Å²) in [7, 11) is 0. The molecule has 0 aliphatic carbocycles. The van der Waals surface area contributed by atoms with E-state index in [-0.39, 0.29) is 24.4 Å². The molecule has 1 aliphatic heterocycles. The van der Waals surface area contributed by atoms with Crippen LogP contribution in [0.15, 0.2) is 0 Å². The van der Waals surface area contributed by atoms with Crippen LogP contribution in [0.3, 0.4) is 0 Å². The minimum Gasteiger partial charge on any atom is -0.371 e. The van der Waals surface area contributed by atoms with Crippen LogP contribution in [0.1, 0.15) is 26.7 Å². The van der Waals surface area contributed by atoms with E-state index in [2.05, 4.69) is 5.32 Å². The SMILES string of the molecule is CC(C)OCC(=O)C1CCCNC1. The van der Waals surface area contributed by atoms with E-state index in [4.69, 9.17) is 4.74 Å². The molecule has 1 saturated heterocycles. The van der Waals surface area contributed by atoms with Gasteiger partial charge in [-0.1, -0.05) is 0 Å². The average molecular weight is 185 g/mol. The monoisotopic (exact) mass is 185 g/mol. The van der Waals surface area contributed by atoms with Gasteiger partial charge in [0.1, 0.15) is 6.61 Å². The van der Waals surface area contributed by atoms with Crippen molar-refractivity contribution in [2.75, 3.05) is 19.7 Å². The molecule has 1 heterocycles. The van der Waals surface area contributed by atoms with Gasteiger partial charge in [0.15, 0.2) is 5.78 Å². The molecule has 13 heavy (non-hydrogen) atoms. The molecule has 1 aliphatic rings. The fraction of sp³-hybridized carbons (Fsp3) is 0.900. The second-order valence-corrected chi connectivity index (χ2v) is 3.87. The van der Waals surface area contributed by atoms with Crippen molar-refractivity contribution in [1.29, 1.82) is 0 Å². The third kappa shape index (κ3) is 3.87. The molecule has 0 aromatic rings. The molecular weight excluding hydrogens is 166 g/mol. The maximum Gasteiger partial charge on any atom is 0.162 e. The number of nitrogens with one attached hydrogen (secondary N) is 1. The molecule has 76 valence electrons. The first-order valence-electron chi connectivity index (χ1n) is 5.05. The van der Waals surface area contributed by atoms with Crippen molar-refractivity contribution >= 4 is 5.78 Å². The van der Waals surface area contributed by atoms with Crippen LogP contribution in [0, 0.1) is 5.92 Å². The van der Waals surface area contributed by atoms with Crippen LogP contribution in [-0.4, -0.2) is 31.6 Å². The Balaban J connectivity index is 2.21. The highest BCUT2D eigenvalue weighted by molar-refractivity contribution is 5.82. The normalized spacial score (nSPS) is 23.5. The lowest BCUT2D eigenvalue weighted by atomic mass is 9.95. The molecule has 1 fully saturated rings. The Morgan fingerprint density at radius 2 is 2.38 bits per heavy atom. The van der Waals surface area contributed by atoms with Gasteiger partial charge in [0, 0.05) is 12.5 Å². The molecular formula is C10H19NO2. The van der Waals surface area contributed by atoms with Crippen molar-refractivity contribution in [1.82, 2.24) is 5.32 Å². The molecule has 0 spiro atoms. The van der Waals surface area contributed by atoms with E-state index < -0.39 is 0 Å². The van der Waals surface area contributed by atoms with Crippen LogP contribution in [0.25, 0.3) is 0 Å². The molecule has 3 nitrogen and oxygen atoms in total. The zero-order valence-corrected chi connectivity index (χ0v) is 8.51. The summed E-state index contributed by atoms with van der Waals surface area (Å²) in [5.74, 6) is 0.438. The number of carbonyl (C=O) groups excluding carboxylic acids is 1. The fourth-order valence-electron chi connectivity index (χ4n) is 1.49. The summed E-state index contributed by atoms with van der Waals surface area (Å²) in [6.07, 6.45) is 2.28. The van der Waals surface area contributed by atoms with Gasteiger partial charge in [-0.3, -0.25) is 4.79 Å². The molecule has 0 aromatic heterocycles. The summed E-state index contributed by atoms with van der Waals surface area (Å²) in [4.78, 5) is 11.5. The summed E-state index contributed by atoms with van der Waals surface area (Å²) >= 11 is 0. The fourth-order valence-corrected chi connectivity index (χ4v) is 1.49. The minimum atomic E-state index is 0.153. The Bertz CT molecular complexity index is 162. The van der Waals surface area contributed by atoms with E-state index in [1.807, 2.05) is 13.8 Å². The first-order valence-corrected chi connectivity index (χ1v) is 5.05. The van der Waals surface area contributed by atoms with Gasteiger partial charge in [-0.15, -0.1) is 0 Å². The molecule has 0 bridgehead atoms. The second kappa shape index (κ2) is 5.35. The molecule has 0 aromatic carbocycles. The highest BCUT2D eigenvalue weighted by Crippen LogP contribution is 2.11. The van der Waals surface area contributed by atoms with Gasteiger partial charge in [-0.25, -0.2) is 0 Å². The van der Waals surface area contributed by atoms with Gasteiger partial charge in [-0.05, 0) is 33.2 Å². The van der Waals surface area contributed by atoms with E-state index in [9.17, 15) is 4.79 Å². The van der Waals surface area contributed by atoms with Crippen molar-refractivity contribution in [3.8, 4) is 0 Å². The van der Waals surface area contributed by atoms with Crippen molar-refractivity contribution in [2.45, 2.75) is 32.8 Å². The summed E-state index contributed by atoms with van der Waals surface area (Å²) in [5.41, 5.74) is 0. The zero-order chi connectivity index (χ0) is 9.68. The number of carbonyl (C=O) groups is 1. The average Bonchev–Trinajstić information content (AvgIpc) is 2.15. The number of rotatable bonds is 4. The van der Waals surface area contributed by atoms with Gasteiger partial charge >= 0.3 is 0 Å². The van der Waals surface area contributed by atoms with Crippen molar-refractivity contribution in [2.24, 2.45) is 5.92 Å². The Kier molecular flexibility index (Phi) is 4.39. The molecule has 1 rings (SSSR count). The number of ether oxygens (including phenoxy) is 1. The van der Waals surface area contributed by atoms with Crippen molar-refractivity contribution < 1.29 is 9.53 Å². The van der Waals surface area contributed by atoms with Crippen LogP contribution in [0.4, 0.5) is 0 Å². The maximum atomic E-state index is 11.5. The molecule has 1 atom stereocenters. The number of Topliss-reactive ketones (excluding diaryl/α,β-unsaturated/α-hetero) is 1. The highest BCUT2D eigenvalue weighted by Gasteiger charge is 2.20. The van der Waals surface area contributed by atoms with E-state index in [0.29, 0.717) is 0 Å². The maximum absolute atomic E-state index is 11.5. The number of hydrogen-bond acceptors (Lipinski definition) is 3. The predicted molar refractivity (Wildman–Crippen MR) is 51.7 cm³/mol. The third-order valence-corrected chi connectivity index (χ3v) is 2.31. The van der Waals surface area contributed by atoms with Gasteiger partial charge < -0.3 is 10.1 Å². The van der Waals surface area contributed by atoms with Crippen LogP contribution >= 0.6 is 0 Å². The summed E-state index contributed by atoms with van der Waals surface area (Å²) in [6.45, 7) is 6.07. The third-order valence-electron chi connectivity index (χ3n) is 2.31. The Morgan fingerprint density at radius 1 is 1.62 bits per heavy atom. The summed E-state index contributed by atoms with van der Waals surface area (Å²) < 4.78 is 5.28. The zero-order valence-electron chi connectivity index (χ0n) is 8.51. The van der Waals surface area contributed by atoms with Crippen molar-refractivity contribution in [3.05, 3.63) is 0 Å². The van der Waals surface area contributed by atoms with Gasteiger partial charge in [0.05, 0.1) is 6.10 Å². The van der Waals surface area contributed by atoms with Gasteiger partial charge in [0.2, 0.25) is 0 Å². The lowest BCUT2D eigenvalue weighted by Gasteiger charge is -2.21. The lowest BCUT2D eigenvalue weighted by molar-refractivity contribution is -0.129. The van der Waals surface area contributed by atoms with Crippen LogP contribution in [0.5, 0.6) is 0 Å². The quantitative estimate of drug-likeness (QED) is 0.709. The standard InChI is InChI=1S/C10H19NO2/c1-8(2)13-7-10(12)9-4-3-5-11-6-9/h8-9,11H,3-7H2,1-2H3. The first kappa shape index (κ1) is 10.7. The molecule has 1 N–H and O–H groups in total. The first-order chi connectivity index (χ1) is 6.20.